The van der Waals surface area contributed by atoms with Crippen LogP contribution in [-0.4, -0.2) is 37.1 Å². The van der Waals surface area contributed by atoms with Gasteiger partial charge in [0.15, 0.2) is 6.04 Å². The molecule has 0 saturated heterocycles. The smallest absolute Gasteiger partial charge is 0.296 e. The zero-order chi connectivity index (χ0) is 20.1. The van der Waals surface area contributed by atoms with Gasteiger partial charge in [0.05, 0.1) is 31.2 Å². The molecule has 7 nitrogen and oxygen atoms in total. The summed E-state index contributed by atoms with van der Waals surface area (Å²) in [6, 6.07) is 14.3. The van der Waals surface area contributed by atoms with E-state index in [-0.39, 0.29) is 23.3 Å². The molecule has 1 aliphatic heterocycles. The lowest BCUT2D eigenvalue weighted by atomic mass is 9.99. The number of benzene rings is 2. The Hall–Kier alpha value is -3.19. The van der Waals surface area contributed by atoms with Gasteiger partial charge >= 0.3 is 0 Å². The van der Waals surface area contributed by atoms with Crippen LogP contribution in [0.25, 0.3) is 5.57 Å². The number of ether oxygens (including phenoxy) is 1. The van der Waals surface area contributed by atoms with Crippen molar-refractivity contribution in [1.29, 1.82) is 0 Å². The van der Waals surface area contributed by atoms with Crippen molar-refractivity contribution in [3.05, 3.63) is 70.3 Å². The van der Waals surface area contributed by atoms with Crippen LogP contribution >= 0.6 is 0 Å². The number of amides is 1. The molecule has 28 heavy (non-hydrogen) atoms. The zero-order valence-corrected chi connectivity index (χ0v) is 16.0. The third-order valence-corrected chi connectivity index (χ3v) is 5.14. The van der Waals surface area contributed by atoms with Gasteiger partial charge in [0, 0.05) is 6.42 Å². The van der Waals surface area contributed by atoms with Gasteiger partial charge in [-0.05, 0) is 36.3 Å². The predicted molar refractivity (Wildman–Crippen MR) is 107 cm³/mol. The number of nitro groups is 1. The summed E-state index contributed by atoms with van der Waals surface area (Å²) in [6.45, 7) is 3.42. The topological polar surface area (TPSA) is 85.9 Å². The van der Waals surface area contributed by atoms with Crippen LogP contribution < -0.4 is 15.0 Å². The molecule has 0 aromatic heterocycles. The van der Waals surface area contributed by atoms with Crippen molar-refractivity contribution in [1.82, 2.24) is 0 Å². The van der Waals surface area contributed by atoms with Gasteiger partial charge in [-0.2, -0.15) is 0 Å². The second-order valence-corrected chi connectivity index (χ2v) is 6.81. The molecule has 146 valence electrons. The lowest BCUT2D eigenvalue weighted by Gasteiger charge is -2.28. The van der Waals surface area contributed by atoms with Crippen molar-refractivity contribution in [2.24, 2.45) is 0 Å². The second-order valence-electron chi connectivity index (χ2n) is 6.81. The summed E-state index contributed by atoms with van der Waals surface area (Å²) in [5.41, 5.74) is 2.51. The molecule has 2 atom stereocenters. The van der Waals surface area contributed by atoms with Crippen LogP contribution in [0.1, 0.15) is 18.9 Å². The van der Waals surface area contributed by atoms with Gasteiger partial charge in [0.2, 0.25) is 0 Å². The molecule has 0 fully saturated rings. The third-order valence-electron chi connectivity index (χ3n) is 5.14. The van der Waals surface area contributed by atoms with Gasteiger partial charge in [-0.1, -0.05) is 30.3 Å². The molecule has 0 aliphatic carbocycles. The number of hydrogen-bond donors (Lipinski definition) is 2. The van der Waals surface area contributed by atoms with E-state index in [0.29, 0.717) is 5.75 Å². The number of anilines is 1. The fraction of sp³-hybridized carbons (Fsp3) is 0.286. The second kappa shape index (κ2) is 8.67. The Labute approximate surface area is 163 Å². The van der Waals surface area contributed by atoms with Gasteiger partial charge in [0.25, 0.3) is 11.6 Å². The summed E-state index contributed by atoms with van der Waals surface area (Å²) >= 11 is 0. The first-order valence-electron chi connectivity index (χ1n) is 9.22. The molecule has 2 aromatic carbocycles. The van der Waals surface area contributed by atoms with E-state index in [9.17, 15) is 14.9 Å². The number of nitro benzene ring substituents is 1. The highest BCUT2D eigenvalue weighted by Gasteiger charge is 2.28. The van der Waals surface area contributed by atoms with Gasteiger partial charge in [0.1, 0.15) is 11.4 Å². The van der Waals surface area contributed by atoms with Crippen LogP contribution in [0, 0.1) is 10.1 Å². The molecular weight excluding hydrogens is 358 g/mol. The highest BCUT2D eigenvalue weighted by Crippen LogP contribution is 2.29. The van der Waals surface area contributed by atoms with Crippen molar-refractivity contribution in [3.8, 4) is 5.75 Å². The molecule has 2 aromatic rings. The third kappa shape index (κ3) is 4.37. The molecule has 3 rings (SSSR count). The number of nitrogens with one attached hydrogen (secondary N) is 2. The summed E-state index contributed by atoms with van der Waals surface area (Å²) in [4.78, 5) is 24.6. The average molecular weight is 382 g/mol. The number of methoxy groups -OCH3 is 1. The van der Waals surface area contributed by atoms with Gasteiger partial charge in [-0.25, -0.2) is 0 Å². The monoisotopic (exact) mass is 382 g/mol. The number of carbonyl (C=O) groups excluding carboxylic acids is 1. The van der Waals surface area contributed by atoms with E-state index in [0.717, 1.165) is 24.4 Å². The van der Waals surface area contributed by atoms with Crippen LogP contribution in [0.5, 0.6) is 5.75 Å². The fourth-order valence-corrected chi connectivity index (χ4v) is 3.38. The molecule has 2 N–H and O–H groups in total. The van der Waals surface area contributed by atoms with E-state index < -0.39 is 4.92 Å². The maximum atomic E-state index is 12.7. The number of nitrogens with zero attached hydrogens (tertiary/aromatic N) is 1. The number of hydrogen-bond acceptors (Lipinski definition) is 4. The highest BCUT2D eigenvalue weighted by atomic mass is 16.6. The molecule has 0 radical (unpaired) electrons. The minimum Gasteiger partial charge on any atom is -0.496 e. The largest absolute Gasteiger partial charge is 0.496 e. The van der Waals surface area contributed by atoms with E-state index in [1.807, 2.05) is 25.1 Å². The van der Waals surface area contributed by atoms with Crippen LogP contribution in [0.4, 0.5) is 11.4 Å². The van der Waals surface area contributed by atoms with Crippen LogP contribution in [0.3, 0.4) is 0 Å². The first-order chi connectivity index (χ1) is 13.5. The van der Waals surface area contributed by atoms with Crippen molar-refractivity contribution in [3.63, 3.8) is 0 Å². The van der Waals surface area contributed by atoms with Crippen LogP contribution in [0.2, 0.25) is 0 Å². The Morgan fingerprint density at radius 2 is 2.00 bits per heavy atom. The van der Waals surface area contributed by atoms with E-state index in [4.69, 9.17) is 4.74 Å². The molecular formula is C21H24N3O4+. The van der Waals surface area contributed by atoms with Crippen molar-refractivity contribution in [2.75, 3.05) is 25.5 Å². The van der Waals surface area contributed by atoms with Crippen LogP contribution in [0.15, 0.2) is 54.6 Å². The Balaban J connectivity index is 1.67. The Morgan fingerprint density at radius 3 is 2.61 bits per heavy atom. The van der Waals surface area contributed by atoms with Crippen LogP contribution in [-0.2, 0) is 4.79 Å². The SMILES string of the molecule is COc1ccc(NC(=O)[C@@H](C)[NH+]2CC=C(c3ccccc3)CC2)c([N+](=O)[O-])c1. The summed E-state index contributed by atoms with van der Waals surface area (Å²) in [7, 11) is 1.44. The molecule has 0 saturated carbocycles. The number of rotatable bonds is 6. The first kappa shape index (κ1) is 19.6. The van der Waals surface area contributed by atoms with E-state index >= 15 is 0 Å². The molecule has 0 bridgehead atoms. The maximum Gasteiger partial charge on any atom is 0.296 e. The minimum atomic E-state index is -0.522. The van der Waals surface area contributed by atoms with Crippen molar-refractivity contribution >= 4 is 22.9 Å². The van der Waals surface area contributed by atoms with Gasteiger partial charge in [-0.15, -0.1) is 0 Å². The summed E-state index contributed by atoms with van der Waals surface area (Å²) in [6.07, 6.45) is 3.06. The highest BCUT2D eigenvalue weighted by molar-refractivity contribution is 5.95. The lowest BCUT2D eigenvalue weighted by Crippen LogP contribution is -3.17. The standard InChI is InChI=1S/C21H23N3O4/c1-15(23-12-10-17(11-13-23)16-6-4-3-5-7-16)21(25)22-19-9-8-18(28-2)14-20(19)24(26)27/h3-10,14-15H,11-13H2,1-2H3,(H,22,25)/p+1/t15-/m1/s1. The Morgan fingerprint density at radius 1 is 1.25 bits per heavy atom. The minimum absolute atomic E-state index is 0.180. The predicted octanol–water partition coefficient (Wildman–Crippen LogP) is 2.30. The fourth-order valence-electron chi connectivity index (χ4n) is 3.38. The quantitative estimate of drug-likeness (QED) is 0.593. The molecule has 7 heteroatoms. The van der Waals surface area contributed by atoms with Crippen molar-refractivity contribution in [2.45, 2.75) is 19.4 Å². The number of carbonyl (C=O) groups is 1. The molecule has 1 amide bonds. The molecule has 1 unspecified atom stereocenters. The molecule has 1 heterocycles. The Bertz CT molecular complexity index is 896. The number of quaternary nitrogens is 1. The summed E-state index contributed by atoms with van der Waals surface area (Å²) in [5.74, 6) is 0.137. The summed E-state index contributed by atoms with van der Waals surface area (Å²) < 4.78 is 5.03. The van der Waals surface area contributed by atoms with Gasteiger partial charge < -0.3 is 15.0 Å². The van der Waals surface area contributed by atoms with Gasteiger partial charge in [-0.3, -0.25) is 14.9 Å². The van der Waals surface area contributed by atoms with Crippen molar-refractivity contribution < 1.29 is 19.4 Å². The molecule has 0 spiro atoms. The Kier molecular flexibility index (Phi) is 6.06. The van der Waals surface area contributed by atoms with E-state index in [2.05, 4.69) is 23.5 Å². The normalized spacial score (nSPS) is 17.4. The zero-order valence-electron chi connectivity index (χ0n) is 16.0. The lowest BCUT2D eigenvalue weighted by molar-refractivity contribution is -0.909. The maximum absolute atomic E-state index is 12.7. The summed E-state index contributed by atoms with van der Waals surface area (Å²) in [5, 5.41) is 14.0. The average Bonchev–Trinajstić information content (AvgIpc) is 2.74. The first-order valence-corrected chi connectivity index (χ1v) is 9.22. The van der Waals surface area contributed by atoms with E-state index in [1.165, 1.54) is 30.4 Å². The molecule has 1 aliphatic rings. The van der Waals surface area contributed by atoms with E-state index in [1.54, 1.807) is 6.07 Å².